The van der Waals surface area contributed by atoms with Gasteiger partial charge in [-0.25, -0.2) is 14.2 Å². The number of aryl methyl sites for hydroxylation is 1. The van der Waals surface area contributed by atoms with Gasteiger partial charge in [-0.3, -0.25) is 29.1 Å². The molecule has 4 aliphatic heterocycles. The van der Waals surface area contributed by atoms with Gasteiger partial charge in [0.2, 0.25) is 5.91 Å². The number of nitriles is 1. The number of pyridine rings is 1. The third kappa shape index (κ3) is 12.5. The van der Waals surface area contributed by atoms with Crippen molar-refractivity contribution in [1.82, 2.24) is 39.3 Å². The molecule has 6 heterocycles. The number of amidine groups is 1. The van der Waals surface area contributed by atoms with Gasteiger partial charge in [0, 0.05) is 87.8 Å². The molecule has 4 aromatic carbocycles. The Labute approximate surface area is 515 Å². The molecule has 4 amide bonds. The summed E-state index contributed by atoms with van der Waals surface area (Å²) in [5.74, 6) is 0.634. The largest absolute Gasteiger partial charge is 0.493 e. The molecule has 2 bridgehead atoms. The Bertz CT molecular complexity index is 3590. The lowest BCUT2D eigenvalue weighted by Gasteiger charge is -2.47. The van der Waals surface area contributed by atoms with E-state index in [2.05, 4.69) is 105 Å². The lowest BCUT2D eigenvalue weighted by Crippen LogP contribution is -2.60. The quantitative estimate of drug-likeness (QED) is 0.0852. The summed E-state index contributed by atoms with van der Waals surface area (Å²) < 4.78 is 34.8. The molecular weight excluding hydrogens is 1120 g/mol. The van der Waals surface area contributed by atoms with E-state index >= 15 is 4.79 Å². The standard InChI is InChI=1S/C67H80ClFN12O6/c1-10-87-58-39-48(65(3,4)5)19-23-52(58)62-73-66(6,46-15-13-44(2)14-16-46)67(7,47-17-20-49(68)21-18-47)81(62)64(84)78-30-28-77(29-31-78)33-35-86-37-36-85-34-25-59(82)75(8)27-32-80-57-43-76(9)63(83)51-24-22-50(69)40-53(51)55-12-11-26-79(55)56-38-45(42-72-61(56)71)60(57)54(41-70)74-80/h13-24,38-40,42,55H,10-12,25-37,43H2,1-9H3,(H2,71,72)/t55-,66+,67-/m1/s1. The van der Waals surface area contributed by atoms with E-state index < -0.39 is 16.9 Å². The molecule has 2 fully saturated rings. The minimum Gasteiger partial charge on any atom is -0.493 e. The zero-order valence-corrected chi connectivity index (χ0v) is 52.3. The highest BCUT2D eigenvalue weighted by molar-refractivity contribution is 6.30. The lowest BCUT2D eigenvalue weighted by atomic mass is 9.70. The number of ether oxygens (including phenoxy) is 3. The highest BCUT2D eigenvalue weighted by atomic mass is 35.5. The second-order valence-electron chi connectivity index (χ2n) is 24.5. The van der Waals surface area contributed by atoms with Crippen molar-refractivity contribution < 1.29 is 33.0 Å². The highest BCUT2D eigenvalue weighted by Crippen LogP contribution is 2.54. The Morgan fingerprint density at radius 3 is 2.30 bits per heavy atom. The molecule has 0 aliphatic carbocycles. The van der Waals surface area contributed by atoms with Crippen LogP contribution in [-0.2, 0) is 43.9 Å². The van der Waals surface area contributed by atoms with Crippen molar-refractivity contribution in [3.05, 3.63) is 158 Å². The number of aromatic nitrogens is 3. The van der Waals surface area contributed by atoms with Crippen molar-refractivity contribution in [2.24, 2.45) is 4.99 Å². The molecule has 2 N–H and O–H groups in total. The first kappa shape index (κ1) is 62.2. The number of hydrogen-bond acceptors (Lipinski definition) is 13. The molecule has 0 spiro atoms. The molecule has 0 saturated carbocycles. The summed E-state index contributed by atoms with van der Waals surface area (Å²) in [7, 11) is 3.38. The summed E-state index contributed by atoms with van der Waals surface area (Å²) in [5, 5.41) is 15.7. The van der Waals surface area contributed by atoms with Crippen molar-refractivity contribution in [2.45, 2.75) is 103 Å². The maximum Gasteiger partial charge on any atom is 0.326 e. The fraction of sp³-hybridized carbons (Fsp3) is 0.448. The van der Waals surface area contributed by atoms with Crippen LogP contribution in [0.4, 0.5) is 20.7 Å². The summed E-state index contributed by atoms with van der Waals surface area (Å²) in [6, 6.07) is 30.4. The molecule has 0 radical (unpaired) electrons. The molecule has 0 unspecified atom stereocenters. The van der Waals surface area contributed by atoms with Crippen LogP contribution in [0.15, 0.2) is 102 Å². The van der Waals surface area contributed by atoms with Crippen LogP contribution in [-0.4, -0.2) is 156 Å². The fourth-order valence-electron chi connectivity index (χ4n) is 12.6. The maximum atomic E-state index is 15.6. The topological polar surface area (TPSA) is 191 Å². The number of nitrogen functional groups attached to an aromatic ring is 1. The number of nitrogens with zero attached hydrogens (tertiary/aromatic N) is 11. The number of urea groups is 1. The Balaban J connectivity index is 0.734. The minimum atomic E-state index is -1.00. The summed E-state index contributed by atoms with van der Waals surface area (Å²) in [6.07, 6.45) is 3.24. The van der Waals surface area contributed by atoms with Crippen LogP contribution in [0.2, 0.25) is 5.02 Å². The van der Waals surface area contributed by atoms with Gasteiger partial charge in [0.15, 0.2) is 5.69 Å². The number of carbonyl (C=O) groups excluding carboxylic acids is 3. The number of piperazine rings is 1. The zero-order chi connectivity index (χ0) is 62.0. The van der Waals surface area contributed by atoms with Gasteiger partial charge >= 0.3 is 6.03 Å². The van der Waals surface area contributed by atoms with Gasteiger partial charge in [-0.2, -0.15) is 10.4 Å². The second kappa shape index (κ2) is 25.8. The summed E-state index contributed by atoms with van der Waals surface area (Å²) >= 11 is 6.53. The predicted molar refractivity (Wildman–Crippen MR) is 335 cm³/mol. The molecule has 20 heteroatoms. The number of aliphatic imine (C=N–C) groups is 1. The van der Waals surface area contributed by atoms with E-state index in [0.717, 1.165) is 34.2 Å². The first-order chi connectivity index (χ1) is 41.6. The number of likely N-dealkylation sites (N-methyl/N-ethyl adjacent to an activating group) is 1. The van der Waals surface area contributed by atoms with Crippen molar-refractivity contribution in [3.8, 4) is 22.9 Å². The minimum absolute atomic E-state index is 0.0706. The van der Waals surface area contributed by atoms with Crippen molar-refractivity contribution in [2.75, 3.05) is 104 Å². The van der Waals surface area contributed by atoms with Crippen molar-refractivity contribution in [1.29, 1.82) is 5.26 Å². The number of rotatable bonds is 17. The molecular formula is C67H80ClFN12O6. The van der Waals surface area contributed by atoms with E-state index in [0.29, 0.717) is 122 Å². The number of hydrogen-bond donors (Lipinski definition) is 1. The normalized spacial score (nSPS) is 19.6. The van der Waals surface area contributed by atoms with E-state index in [1.54, 1.807) is 34.8 Å². The molecule has 10 rings (SSSR count). The number of benzene rings is 4. The predicted octanol–water partition coefficient (Wildman–Crippen LogP) is 10.3. The molecule has 6 aromatic rings. The molecule has 18 nitrogen and oxygen atoms in total. The van der Waals surface area contributed by atoms with Crippen LogP contribution in [0.1, 0.15) is 122 Å². The number of carbonyl (C=O) groups is 3. The fourth-order valence-corrected chi connectivity index (χ4v) is 12.7. The van der Waals surface area contributed by atoms with Crippen LogP contribution in [0.25, 0.3) is 11.1 Å². The molecule has 87 heavy (non-hydrogen) atoms. The van der Waals surface area contributed by atoms with Gasteiger partial charge in [0.1, 0.15) is 40.4 Å². The summed E-state index contributed by atoms with van der Waals surface area (Å²) in [4.78, 5) is 64.8. The SMILES string of the molecule is CCOc1cc(C(C)(C)C)ccc1C1=N[C@@](C)(c2ccc(C)cc2)[C@@](C)(c2ccc(Cl)cc2)N1C(=O)N1CCN(CCOCCOCCC(=O)N(C)CCn2nc(C#N)c3c2CN(C)C(=O)c2ccc(F)cc2[C@H]2CCCN2c2cc-3cnc2N)CC1. The lowest BCUT2D eigenvalue weighted by molar-refractivity contribution is -0.131. The van der Waals surface area contributed by atoms with Gasteiger partial charge in [-0.15, -0.1) is 0 Å². The smallest absolute Gasteiger partial charge is 0.326 e. The third-order valence-electron chi connectivity index (χ3n) is 17.9. The highest BCUT2D eigenvalue weighted by Gasteiger charge is 2.60. The van der Waals surface area contributed by atoms with Crippen LogP contribution in [0.5, 0.6) is 5.75 Å². The van der Waals surface area contributed by atoms with E-state index in [-0.39, 0.29) is 73.5 Å². The van der Waals surface area contributed by atoms with E-state index in [9.17, 15) is 19.2 Å². The average molecular weight is 1200 g/mol. The van der Waals surface area contributed by atoms with Crippen LogP contribution < -0.4 is 15.4 Å². The average Bonchev–Trinajstić information content (AvgIpc) is 1.56. The number of halogens is 2. The first-order valence-electron chi connectivity index (χ1n) is 30.1. The number of nitrogens with two attached hydrogens (primary N) is 1. The third-order valence-corrected chi connectivity index (χ3v) is 18.1. The summed E-state index contributed by atoms with van der Waals surface area (Å²) in [5.41, 5.74) is 12.8. The molecule has 458 valence electrons. The van der Waals surface area contributed by atoms with Crippen molar-refractivity contribution >= 4 is 46.8 Å². The van der Waals surface area contributed by atoms with E-state index in [4.69, 9.17) is 41.6 Å². The zero-order valence-electron chi connectivity index (χ0n) is 51.5. The van der Waals surface area contributed by atoms with Gasteiger partial charge in [0.05, 0.1) is 75.5 Å². The monoisotopic (exact) mass is 1200 g/mol. The van der Waals surface area contributed by atoms with Crippen molar-refractivity contribution in [3.63, 3.8) is 0 Å². The van der Waals surface area contributed by atoms with Crippen LogP contribution >= 0.6 is 11.6 Å². The van der Waals surface area contributed by atoms with E-state index in [1.165, 1.54) is 18.2 Å². The Kier molecular flexibility index (Phi) is 18.5. The maximum absolute atomic E-state index is 15.6. The Morgan fingerprint density at radius 1 is 0.897 bits per heavy atom. The Morgan fingerprint density at radius 2 is 1.60 bits per heavy atom. The van der Waals surface area contributed by atoms with E-state index in [1.807, 2.05) is 47.1 Å². The number of anilines is 2. The van der Waals surface area contributed by atoms with Gasteiger partial charge in [-0.1, -0.05) is 80.4 Å². The first-order valence-corrected chi connectivity index (χ1v) is 30.5. The summed E-state index contributed by atoms with van der Waals surface area (Å²) in [6.45, 7) is 20.7. The second-order valence-corrected chi connectivity index (χ2v) is 24.9. The molecule has 2 aromatic heterocycles. The number of fused-ring (bicyclic) bond motifs is 8. The molecule has 2 saturated heterocycles. The molecule has 3 atom stereocenters. The van der Waals surface area contributed by atoms with Crippen LogP contribution in [0.3, 0.4) is 0 Å². The van der Waals surface area contributed by atoms with Gasteiger partial charge in [-0.05, 0) is 117 Å². The Hall–Kier alpha value is -7.89. The number of amides is 4. The van der Waals surface area contributed by atoms with Gasteiger partial charge in [0.25, 0.3) is 5.91 Å². The molecule has 4 aliphatic rings. The van der Waals surface area contributed by atoms with Gasteiger partial charge < -0.3 is 39.5 Å². The van der Waals surface area contributed by atoms with Crippen LogP contribution in [0, 0.1) is 24.1 Å².